The van der Waals surface area contributed by atoms with Gasteiger partial charge in [-0.1, -0.05) is 6.92 Å². The number of nitrogens with one attached hydrogen (secondary N) is 1. The van der Waals surface area contributed by atoms with Crippen LogP contribution < -0.4 is 11.1 Å². The zero-order valence-electron chi connectivity index (χ0n) is 8.60. The van der Waals surface area contributed by atoms with Crippen LogP contribution in [0.25, 0.3) is 0 Å². The molecule has 0 aromatic heterocycles. The van der Waals surface area contributed by atoms with E-state index in [1.807, 2.05) is 0 Å². The zero-order chi connectivity index (χ0) is 9.90. The van der Waals surface area contributed by atoms with Gasteiger partial charge in [0.2, 0.25) is 5.91 Å². The van der Waals surface area contributed by atoms with E-state index in [1.165, 1.54) is 12.8 Å². The predicted octanol–water partition coefficient (Wildman–Crippen LogP) is 1.03. The number of hydrogen-bond acceptors (Lipinski definition) is 2. The second-order valence-corrected chi connectivity index (χ2v) is 4.40. The third-order valence-electron chi connectivity index (χ3n) is 3.13. The lowest BCUT2D eigenvalue weighted by Crippen LogP contribution is -2.34. The molecule has 0 saturated heterocycles. The molecule has 1 saturated carbocycles. The van der Waals surface area contributed by atoms with E-state index < -0.39 is 0 Å². The molecule has 76 valence electrons. The van der Waals surface area contributed by atoms with Gasteiger partial charge in [-0.3, -0.25) is 4.79 Å². The van der Waals surface area contributed by atoms with E-state index >= 15 is 0 Å². The van der Waals surface area contributed by atoms with Gasteiger partial charge in [0.1, 0.15) is 0 Å². The van der Waals surface area contributed by atoms with Gasteiger partial charge in [0.05, 0.1) is 0 Å². The first-order valence-corrected chi connectivity index (χ1v) is 5.06. The molecule has 1 aliphatic rings. The lowest BCUT2D eigenvalue weighted by molar-refractivity contribution is -0.118. The monoisotopic (exact) mass is 184 g/mol. The third kappa shape index (κ3) is 3.35. The molecule has 1 rings (SSSR count). The molecule has 0 bridgehead atoms. The number of primary amides is 1. The Morgan fingerprint density at radius 2 is 2.23 bits per heavy atom. The van der Waals surface area contributed by atoms with Gasteiger partial charge >= 0.3 is 0 Å². The highest BCUT2D eigenvalue weighted by Gasteiger charge is 2.41. The average Bonchev–Trinajstić information content (AvgIpc) is 2.78. The summed E-state index contributed by atoms with van der Waals surface area (Å²) in [5.74, 6) is -0.202. The number of carbonyl (C=O) groups excluding carboxylic acids is 1. The quantitative estimate of drug-likeness (QED) is 0.606. The van der Waals surface area contributed by atoms with Crippen LogP contribution in [0.5, 0.6) is 0 Å². The first-order valence-electron chi connectivity index (χ1n) is 5.06. The number of amides is 1. The van der Waals surface area contributed by atoms with Crippen LogP contribution in [0.4, 0.5) is 0 Å². The SMILES string of the molecule is CC(NCCCC(N)=O)C1(C)CC1. The zero-order valence-corrected chi connectivity index (χ0v) is 8.60. The van der Waals surface area contributed by atoms with Gasteiger partial charge in [0.15, 0.2) is 0 Å². The summed E-state index contributed by atoms with van der Waals surface area (Å²) in [6, 6.07) is 0.570. The molecule has 0 spiro atoms. The van der Waals surface area contributed by atoms with E-state index in [0.717, 1.165) is 13.0 Å². The highest BCUT2D eigenvalue weighted by atomic mass is 16.1. The maximum atomic E-state index is 10.4. The minimum atomic E-state index is -0.202. The molecule has 1 fully saturated rings. The van der Waals surface area contributed by atoms with Gasteiger partial charge in [-0.25, -0.2) is 0 Å². The van der Waals surface area contributed by atoms with Gasteiger partial charge in [0, 0.05) is 12.5 Å². The normalized spacial score (nSPS) is 21.1. The molecular weight excluding hydrogens is 164 g/mol. The Hall–Kier alpha value is -0.570. The van der Waals surface area contributed by atoms with Gasteiger partial charge in [-0.15, -0.1) is 0 Å². The van der Waals surface area contributed by atoms with Gasteiger partial charge in [-0.05, 0) is 38.1 Å². The molecule has 1 amide bonds. The van der Waals surface area contributed by atoms with Gasteiger partial charge < -0.3 is 11.1 Å². The van der Waals surface area contributed by atoms with Crippen molar-refractivity contribution in [3.05, 3.63) is 0 Å². The highest BCUT2D eigenvalue weighted by Crippen LogP contribution is 2.47. The molecule has 3 N–H and O–H groups in total. The smallest absolute Gasteiger partial charge is 0.217 e. The molecule has 0 heterocycles. The molecular formula is C10H20N2O. The molecule has 0 aromatic carbocycles. The minimum absolute atomic E-state index is 0.202. The van der Waals surface area contributed by atoms with Gasteiger partial charge in [-0.2, -0.15) is 0 Å². The third-order valence-corrected chi connectivity index (χ3v) is 3.13. The van der Waals surface area contributed by atoms with Crippen molar-refractivity contribution in [3.8, 4) is 0 Å². The first-order chi connectivity index (χ1) is 6.04. The van der Waals surface area contributed by atoms with Crippen LogP contribution in [0.1, 0.15) is 39.5 Å². The largest absolute Gasteiger partial charge is 0.370 e. The Labute approximate surface area is 80.1 Å². The van der Waals surface area contributed by atoms with Crippen LogP contribution in [0.2, 0.25) is 0 Å². The van der Waals surface area contributed by atoms with Crippen LogP contribution in [-0.2, 0) is 4.79 Å². The summed E-state index contributed by atoms with van der Waals surface area (Å²) in [4.78, 5) is 10.4. The van der Waals surface area contributed by atoms with E-state index in [4.69, 9.17) is 5.73 Å². The highest BCUT2D eigenvalue weighted by molar-refractivity contribution is 5.73. The maximum absolute atomic E-state index is 10.4. The summed E-state index contributed by atoms with van der Waals surface area (Å²) in [5, 5.41) is 3.43. The summed E-state index contributed by atoms with van der Waals surface area (Å²) >= 11 is 0. The molecule has 0 radical (unpaired) electrons. The lowest BCUT2D eigenvalue weighted by atomic mass is 10.0. The van der Waals surface area contributed by atoms with E-state index in [1.54, 1.807) is 0 Å². The van der Waals surface area contributed by atoms with Crippen molar-refractivity contribution in [2.45, 2.75) is 45.6 Å². The summed E-state index contributed by atoms with van der Waals surface area (Å²) in [6.45, 7) is 5.43. The lowest BCUT2D eigenvalue weighted by Gasteiger charge is -2.19. The van der Waals surface area contributed by atoms with Crippen molar-refractivity contribution < 1.29 is 4.79 Å². The van der Waals surface area contributed by atoms with Gasteiger partial charge in [0.25, 0.3) is 0 Å². The Kier molecular flexibility index (Phi) is 3.31. The Balaban J connectivity index is 2.02. The molecule has 3 nitrogen and oxygen atoms in total. The van der Waals surface area contributed by atoms with E-state index in [0.29, 0.717) is 17.9 Å². The Morgan fingerprint density at radius 1 is 1.62 bits per heavy atom. The van der Waals surface area contributed by atoms with Crippen molar-refractivity contribution in [2.75, 3.05) is 6.54 Å². The minimum Gasteiger partial charge on any atom is -0.370 e. The maximum Gasteiger partial charge on any atom is 0.217 e. The molecule has 1 atom stereocenters. The predicted molar refractivity (Wildman–Crippen MR) is 53.2 cm³/mol. The van der Waals surface area contributed by atoms with Crippen molar-refractivity contribution in [3.63, 3.8) is 0 Å². The van der Waals surface area contributed by atoms with Crippen LogP contribution in [0, 0.1) is 5.41 Å². The average molecular weight is 184 g/mol. The number of rotatable bonds is 6. The second-order valence-electron chi connectivity index (χ2n) is 4.40. The van der Waals surface area contributed by atoms with Crippen molar-refractivity contribution in [1.82, 2.24) is 5.32 Å². The van der Waals surface area contributed by atoms with Crippen molar-refractivity contribution in [2.24, 2.45) is 11.1 Å². The topological polar surface area (TPSA) is 55.1 Å². The standard InChI is InChI=1S/C10H20N2O/c1-8(10(2)5-6-10)12-7-3-4-9(11)13/h8,12H,3-7H2,1-2H3,(H2,11,13). The Morgan fingerprint density at radius 3 is 2.69 bits per heavy atom. The fourth-order valence-corrected chi connectivity index (χ4v) is 1.46. The molecule has 0 aliphatic heterocycles. The Bertz CT molecular complexity index is 187. The van der Waals surface area contributed by atoms with Crippen molar-refractivity contribution >= 4 is 5.91 Å². The molecule has 3 heteroatoms. The number of nitrogens with two attached hydrogens (primary N) is 1. The number of carbonyl (C=O) groups is 1. The molecule has 1 unspecified atom stereocenters. The second kappa shape index (κ2) is 4.09. The van der Waals surface area contributed by atoms with E-state index in [-0.39, 0.29) is 5.91 Å². The summed E-state index contributed by atoms with van der Waals surface area (Å²) in [5.41, 5.74) is 5.56. The summed E-state index contributed by atoms with van der Waals surface area (Å²) < 4.78 is 0. The fourth-order valence-electron chi connectivity index (χ4n) is 1.46. The summed E-state index contributed by atoms with van der Waals surface area (Å²) in [7, 11) is 0. The van der Waals surface area contributed by atoms with Crippen LogP contribution in [0.15, 0.2) is 0 Å². The molecule has 13 heavy (non-hydrogen) atoms. The number of hydrogen-bond donors (Lipinski definition) is 2. The van der Waals surface area contributed by atoms with E-state index in [9.17, 15) is 4.79 Å². The molecule has 0 aromatic rings. The van der Waals surface area contributed by atoms with Crippen LogP contribution in [-0.4, -0.2) is 18.5 Å². The van der Waals surface area contributed by atoms with Crippen LogP contribution in [0.3, 0.4) is 0 Å². The first kappa shape index (κ1) is 10.5. The van der Waals surface area contributed by atoms with Crippen molar-refractivity contribution in [1.29, 1.82) is 0 Å². The fraction of sp³-hybridized carbons (Fsp3) is 0.900. The van der Waals surface area contributed by atoms with Crippen LogP contribution >= 0.6 is 0 Å². The molecule has 1 aliphatic carbocycles. The van der Waals surface area contributed by atoms with E-state index in [2.05, 4.69) is 19.2 Å². The summed E-state index contributed by atoms with van der Waals surface area (Å²) in [6.07, 6.45) is 4.01.